The Morgan fingerprint density at radius 2 is 2.00 bits per heavy atom. The molecule has 0 amide bonds. The van der Waals surface area contributed by atoms with E-state index in [1.807, 2.05) is 18.4 Å². The number of guanidine groups is 1. The molecule has 0 aliphatic heterocycles. The second-order valence-electron chi connectivity index (χ2n) is 6.41. The average molecular weight is 448 g/mol. The molecule has 1 aromatic rings. The average Bonchev–Trinajstić information content (AvgIpc) is 3.19. The van der Waals surface area contributed by atoms with Crippen LogP contribution in [0.4, 0.5) is 0 Å². The van der Waals surface area contributed by atoms with Crippen molar-refractivity contribution in [1.82, 2.24) is 15.6 Å². The van der Waals surface area contributed by atoms with Crippen molar-refractivity contribution < 1.29 is 0 Å². The van der Waals surface area contributed by atoms with Crippen LogP contribution in [-0.2, 0) is 19.3 Å². The lowest BCUT2D eigenvalue weighted by atomic mass is 10.0. The Labute approximate surface area is 161 Å². The van der Waals surface area contributed by atoms with Crippen LogP contribution in [0.2, 0.25) is 0 Å². The third-order valence-electron chi connectivity index (χ3n) is 4.67. The minimum absolute atomic E-state index is 0. The Hall–Kier alpha value is -0.370. The van der Waals surface area contributed by atoms with Gasteiger partial charge in [-0.05, 0) is 44.9 Å². The van der Waals surface area contributed by atoms with E-state index < -0.39 is 0 Å². The lowest BCUT2D eigenvalue weighted by Crippen LogP contribution is -2.42. The first kappa shape index (κ1) is 19.0. The highest BCUT2D eigenvalue weighted by molar-refractivity contribution is 14.0. The third kappa shape index (κ3) is 5.59. The quantitative estimate of drug-likeness (QED) is 0.313. The van der Waals surface area contributed by atoms with Gasteiger partial charge in [0.1, 0.15) is 0 Å². The van der Waals surface area contributed by atoms with Gasteiger partial charge < -0.3 is 10.6 Å². The molecule has 1 saturated carbocycles. The summed E-state index contributed by atoms with van der Waals surface area (Å²) in [7, 11) is 1.86. The molecule has 1 fully saturated rings. The summed E-state index contributed by atoms with van der Waals surface area (Å²) in [4.78, 5) is 10.7. The zero-order valence-electron chi connectivity index (χ0n) is 14.1. The maximum atomic E-state index is 4.82. The van der Waals surface area contributed by atoms with Gasteiger partial charge in [-0.15, -0.1) is 35.3 Å². The third-order valence-corrected chi connectivity index (χ3v) is 5.89. The van der Waals surface area contributed by atoms with Crippen LogP contribution in [0.1, 0.15) is 60.5 Å². The lowest BCUT2D eigenvalue weighted by Gasteiger charge is -2.16. The van der Waals surface area contributed by atoms with Gasteiger partial charge in [-0.1, -0.05) is 12.8 Å². The Balaban J connectivity index is 0.00000192. The summed E-state index contributed by atoms with van der Waals surface area (Å²) in [5, 5.41) is 8.30. The molecule has 1 aromatic heterocycles. The van der Waals surface area contributed by atoms with Gasteiger partial charge >= 0.3 is 0 Å². The molecule has 23 heavy (non-hydrogen) atoms. The molecule has 3 rings (SSSR count). The van der Waals surface area contributed by atoms with Crippen LogP contribution < -0.4 is 10.6 Å². The van der Waals surface area contributed by atoms with Crippen molar-refractivity contribution in [3.63, 3.8) is 0 Å². The molecule has 0 radical (unpaired) electrons. The van der Waals surface area contributed by atoms with Gasteiger partial charge in [0.15, 0.2) is 5.96 Å². The van der Waals surface area contributed by atoms with Gasteiger partial charge in [0.25, 0.3) is 0 Å². The summed E-state index contributed by atoms with van der Waals surface area (Å²) < 4.78 is 0. The van der Waals surface area contributed by atoms with Gasteiger partial charge in [0, 0.05) is 30.9 Å². The lowest BCUT2D eigenvalue weighted by molar-refractivity contribution is 0.610. The number of halogens is 1. The molecule has 0 unspecified atom stereocenters. The first-order valence-electron chi connectivity index (χ1n) is 8.80. The molecule has 0 spiro atoms. The number of nitrogens with zero attached hydrogens (tertiary/aromatic N) is 2. The summed E-state index contributed by atoms with van der Waals surface area (Å²) >= 11 is 1.94. The number of aliphatic imine (C=N–C) groups is 1. The number of rotatable bonds is 5. The summed E-state index contributed by atoms with van der Waals surface area (Å²) in [6.07, 6.45) is 12.6. The van der Waals surface area contributed by atoms with E-state index in [1.54, 1.807) is 4.88 Å². The standard InChI is InChI=1S/C17H28N4S.HI/c1-18-17(20-13-7-2-3-8-13)19-12-6-11-16-21-14-9-4-5-10-15(14)22-16;/h13H,2-12H2,1H3,(H2,18,19,20);1H. The molecule has 6 heteroatoms. The van der Waals surface area contributed by atoms with Crippen LogP contribution in [0, 0.1) is 0 Å². The molecule has 2 aliphatic rings. The maximum Gasteiger partial charge on any atom is 0.191 e. The van der Waals surface area contributed by atoms with Crippen LogP contribution in [0.3, 0.4) is 0 Å². The Morgan fingerprint density at radius 1 is 1.22 bits per heavy atom. The summed E-state index contributed by atoms with van der Waals surface area (Å²) in [5.74, 6) is 0.963. The van der Waals surface area contributed by atoms with Gasteiger partial charge in [-0.25, -0.2) is 4.98 Å². The normalized spacial score (nSPS) is 18.4. The van der Waals surface area contributed by atoms with Gasteiger partial charge in [-0.2, -0.15) is 0 Å². The van der Waals surface area contributed by atoms with Crippen LogP contribution in [0.15, 0.2) is 4.99 Å². The predicted octanol–water partition coefficient (Wildman–Crippen LogP) is 3.68. The molecule has 1 heterocycles. The number of hydrogen-bond donors (Lipinski definition) is 2. The molecule has 0 aromatic carbocycles. The Bertz CT molecular complexity index is 485. The summed E-state index contributed by atoms with van der Waals surface area (Å²) in [6, 6.07) is 0.622. The molecular formula is C17H29IN4S. The zero-order chi connectivity index (χ0) is 15.2. The number of aryl methyl sites for hydroxylation is 3. The van der Waals surface area contributed by atoms with E-state index in [0.29, 0.717) is 6.04 Å². The highest BCUT2D eigenvalue weighted by Gasteiger charge is 2.16. The Kier molecular flexibility index (Phi) is 8.09. The highest BCUT2D eigenvalue weighted by Crippen LogP contribution is 2.27. The molecule has 4 nitrogen and oxygen atoms in total. The van der Waals surface area contributed by atoms with E-state index in [-0.39, 0.29) is 24.0 Å². The monoisotopic (exact) mass is 448 g/mol. The van der Waals surface area contributed by atoms with E-state index >= 15 is 0 Å². The first-order chi connectivity index (χ1) is 10.8. The van der Waals surface area contributed by atoms with Crippen LogP contribution in [0.25, 0.3) is 0 Å². The molecule has 130 valence electrons. The molecule has 0 saturated heterocycles. The zero-order valence-corrected chi connectivity index (χ0v) is 17.2. The first-order valence-corrected chi connectivity index (χ1v) is 9.61. The van der Waals surface area contributed by atoms with Crippen LogP contribution >= 0.6 is 35.3 Å². The Morgan fingerprint density at radius 3 is 2.74 bits per heavy atom. The fourth-order valence-electron chi connectivity index (χ4n) is 3.42. The number of thiazole rings is 1. The molecule has 0 atom stereocenters. The van der Waals surface area contributed by atoms with Gasteiger partial charge in [0.2, 0.25) is 0 Å². The fourth-order valence-corrected chi connectivity index (χ4v) is 4.62. The number of hydrogen-bond acceptors (Lipinski definition) is 3. The van der Waals surface area contributed by atoms with E-state index in [1.165, 1.54) is 62.1 Å². The molecule has 2 aliphatic carbocycles. The molecule has 0 bridgehead atoms. The largest absolute Gasteiger partial charge is 0.356 e. The minimum Gasteiger partial charge on any atom is -0.356 e. The van der Waals surface area contributed by atoms with E-state index in [2.05, 4.69) is 15.6 Å². The van der Waals surface area contributed by atoms with Crippen molar-refractivity contribution in [3.05, 3.63) is 15.6 Å². The van der Waals surface area contributed by atoms with E-state index in [0.717, 1.165) is 25.3 Å². The van der Waals surface area contributed by atoms with E-state index in [9.17, 15) is 0 Å². The molecule has 2 N–H and O–H groups in total. The SMILES string of the molecule is CN=C(NCCCc1nc2c(s1)CCCC2)NC1CCCC1.I. The smallest absolute Gasteiger partial charge is 0.191 e. The fraction of sp³-hybridized carbons (Fsp3) is 0.765. The number of aromatic nitrogens is 1. The van der Waals surface area contributed by atoms with Crippen molar-refractivity contribution in [2.24, 2.45) is 4.99 Å². The highest BCUT2D eigenvalue weighted by atomic mass is 127. The minimum atomic E-state index is 0. The second kappa shape index (κ2) is 9.81. The predicted molar refractivity (Wildman–Crippen MR) is 109 cm³/mol. The van der Waals surface area contributed by atoms with Crippen molar-refractivity contribution in [3.8, 4) is 0 Å². The molecular weight excluding hydrogens is 419 g/mol. The van der Waals surface area contributed by atoms with Crippen molar-refractivity contribution in [1.29, 1.82) is 0 Å². The van der Waals surface area contributed by atoms with E-state index in [4.69, 9.17) is 4.98 Å². The maximum absolute atomic E-state index is 4.82. The second-order valence-corrected chi connectivity index (χ2v) is 7.58. The van der Waals surface area contributed by atoms with Crippen LogP contribution in [0.5, 0.6) is 0 Å². The number of nitrogens with one attached hydrogen (secondary N) is 2. The number of fused-ring (bicyclic) bond motifs is 1. The summed E-state index contributed by atoms with van der Waals surface area (Å²) in [6.45, 7) is 0.969. The topological polar surface area (TPSA) is 49.3 Å². The summed E-state index contributed by atoms with van der Waals surface area (Å²) in [5.41, 5.74) is 1.39. The van der Waals surface area contributed by atoms with Crippen LogP contribution in [-0.4, -0.2) is 30.6 Å². The van der Waals surface area contributed by atoms with Crippen molar-refractivity contribution in [2.45, 2.75) is 70.3 Å². The van der Waals surface area contributed by atoms with Gasteiger partial charge in [0.05, 0.1) is 10.7 Å². The van der Waals surface area contributed by atoms with Crippen molar-refractivity contribution >= 4 is 41.3 Å². The van der Waals surface area contributed by atoms with Gasteiger partial charge in [-0.3, -0.25) is 4.99 Å². The van der Waals surface area contributed by atoms with Crippen molar-refractivity contribution in [2.75, 3.05) is 13.6 Å².